The van der Waals surface area contributed by atoms with Gasteiger partial charge in [-0.15, -0.1) is 0 Å². The molecule has 0 bridgehead atoms. The van der Waals surface area contributed by atoms with Crippen molar-refractivity contribution in [3.05, 3.63) is 96.3 Å². The average molecular weight is 431 g/mol. The highest BCUT2D eigenvalue weighted by Gasteiger charge is 2.23. The molecule has 0 saturated heterocycles. The highest BCUT2D eigenvalue weighted by Crippen LogP contribution is 2.48. The standard InChI is InChI=1S/C27H26OS2/c1-3-4-18-24-26(29-22-14-7-5-8-15-22)27(30-23-16-9-6-10-17-23)25(28-24)21-13-11-12-20(2)19-21/h5-17,19H,3-4,18H2,1-2H3. The largest absolute Gasteiger partial charge is 0.459 e. The molecule has 0 unspecified atom stereocenters. The fourth-order valence-corrected chi connectivity index (χ4v) is 5.54. The van der Waals surface area contributed by atoms with Crippen molar-refractivity contribution in [3.63, 3.8) is 0 Å². The van der Waals surface area contributed by atoms with E-state index in [0.29, 0.717) is 0 Å². The monoisotopic (exact) mass is 430 g/mol. The first kappa shape index (κ1) is 20.9. The van der Waals surface area contributed by atoms with Crippen LogP contribution in [0.3, 0.4) is 0 Å². The van der Waals surface area contributed by atoms with Crippen LogP contribution in [0.15, 0.2) is 109 Å². The minimum Gasteiger partial charge on any atom is -0.459 e. The van der Waals surface area contributed by atoms with Gasteiger partial charge in [-0.3, -0.25) is 0 Å². The van der Waals surface area contributed by atoms with E-state index in [1.807, 2.05) is 11.8 Å². The number of hydrogen-bond acceptors (Lipinski definition) is 3. The second-order valence-electron chi connectivity index (χ2n) is 7.32. The van der Waals surface area contributed by atoms with Gasteiger partial charge in [-0.05, 0) is 43.7 Å². The highest BCUT2D eigenvalue weighted by atomic mass is 32.2. The third-order valence-corrected chi connectivity index (χ3v) is 7.23. The Bertz CT molecular complexity index is 1080. The molecule has 0 aliphatic rings. The lowest BCUT2D eigenvalue weighted by molar-refractivity contribution is 0.502. The molecule has 4 rings (SSSR count). The average Bonchev–Trinajstić information content (AvgIpc) is 3.10. The van der Waals surface area contributed by atoms with E-state index < -0.39 is 0 Å². The lowest BCUT2D eigenvalue weighted by Crippen LogP contribution is -1.85. The van der Waals surface area contributed by atoms with Gasteiger partial charge in [0.25, 0.3) is 0 Å². The predicted octanol–water partition coefficient (Wildman–Crippen LogP) is 8.90. The van der Waals surface area contributed by atoms with Crippen LogP contribution >= 0.6 is 23.5 Å². The van der Waals surface area contributed by atoms with Crippen LogP contribution in [0.2, 0.25) is 0 Å². The number of aryl methyl sites for hydroxylation is 2. The molecule has 0 radical (unpaired) electrons. The molecule has 1 aromatic heterocycles. The molecular formula is C27H26OS2. The van der Waals surface area contributed by atoms with Gasteiger partial charge >= 0.3 is 0 Å². The van der Waals surface area contributed by atoms with Crippen LogP contribution in [0.5, 0.6) is 0 Å². The molecule has 3 aromatic carbocycles. The van der Waals surface area contributed by atoms with E-state index >= 15 is 0 Å². The molecule has 0 aliphatic carbocycles. The number of hydrogen-bond donors (Lipinski definition) is 0. The van der Waals surface area contributed by atoms with Gasteiger partial charge in [0, 0.05) is 21.8 Å². The maximum atomic E-state index is 6.59. The van der Waals surface area contributed by atoms with Gasteiger partial charge in [-0.2, -0.15) is 0 Å². The van der Waals surface area contributed by atoms with E-state index in [1.165, 1.54) is 25.1 Å². The summed E-state index contributed by atoms with van der Waals surface area (Å²) in [5.74, 6) is 2.08. The molecule has 0 saturated carbocycles. The number of furan rings is 1. The molecule has 0 aliphatic heterocycles. The van der Waals surface area contributed by atoms with Gasteiger partial charge in [0.15, 0.2) is 0 Å². The number of rotatable bonds is 8. The maximum absolute atomic E-state index is 6.59. The first-order valence-electron chi connectivity index (χ1n) is 10.4. The van der Waals surface area contributed by atoms with Gasteiger partial charge in [0.2, 0.25) is 0 Å². The van der Waals surface area contributed by atoms with Gasteiger partial charge < -0.3 is 4.42 Å². The predicted molar refractivity (Wildman–Crippen MR) is 129 cm³/mol. The zero-order valence-electron chi connectivity index (χ0n) is 17.4. The SMILES string of the molecule is CCCCc1oc(-c2cccc(C)c2)c(Sc2ccccc2)c1Sc1ccccc1. The van der Waals surface area contributed by atoms with Crippen molar-refractivity contribution in [3.8, 4) is 11.3 Å². The van der Waals surface area contributed by atoms with Gasteiger partial charge in [-0.25, -0.2) is 0 Å². The second kappa shape index (κ2) is 10.1. The molecule has 4 aromatic rings. The van der Waals surface area contributed by atoms with Crippen LogP contribution in [0.25, 0.3) is 11.3 Å². The normalized spacial score (nSPS) is 11.0. The van der Waals surface area contributed by atoms with E-state index in [1.54, 1.807) is 11.8 Å². The van der Waals surface area contributed by atoms with E-state index in [9.17, 15) is 0 Å². The van der Waals surface area contributed by atoms with Crippen LogP contribution in [0.1, 0.15) is 31.1 Å². The van der Waals surface area contributed by atoms with Crippen molar-refractivity contribution < 1.29 is 4.42 Å². The second-order valence-corrected chi connectivity index (χ2v) is 9.48. The van der Waals surface area contributed by atoms with Crippen molar-refractivity contribution >= 4 is 23.5 Å². The lowest BCUT2D eigenvalue weighted by Gasteiger charge is -2.08. The Morgan fingerprint density at radius 3 is 1.97 bits per heavy atom. The first-order valence-corrected chi connectivity index (χ1v) is 12.1. The Hall–Kier alpha value is -2.36. The molecule has 3 heteroatoms. The summed E-state index contributed by atoms with van der Waals surface area (Å²) >= 11 is 3.62. The van der Waals surface area contributed by atoms with Crippen molar-refractivity contribution in [2.24, 2.45) is 0 Å². The Morgan fingerprint density at radius 1 is 0.733 bits per heavy atom. The number of unbranched alkanes of at least 4 members (excludes halogenated alkanes) is 1. The molecule has 0 fully saturated rings. The third kappa shape index (κ3) is 5.03. The van der Waals surface area contributed by atoms with E-state index in [4.69, 9.17) is 4.42 Å². The van der Waals surface area contributed by atoms with Crippen molar-refractivity contribution in [2.75, 3.05) is 0 Å². The molecule has 0 N–H and O–H groups in total. The van der Waals surface area contributed by atoms with E-state index in [0.717, 1.165) is 36.3 Å². The smallest absolute Gasteiger partial charge is 0.149 e. The zero-order chi connectivity index (χ0) is 20.8. The summed E-state index contributed by atoms with van der Waals surface area (Å²) in [6, 6.07) is 29.8. The van der Waals surface area contributed by atoms with Crippen molar-refractivity contribution in [1.82, 2.24) is 0 Å². The Labute approximate surface area is 187 Å². The quantitative estimate of drug-likeness (QED) is 0.277. The minimum absolute atomic E-state index is 0.958. The number of benzene rings is 3. The summed E-state index contributed by atoms with van der Waals surface area (Å²) in [4.78, 5) is 4.93. The van der Waals surface area contributed by atoms with E-state index in [2.05, 4.69) is 98.8 Å². The van der Waals surface area contributed by atoms with Gasteiger partial charge in [0.1, 0.15) is 11.5 Å². The highest BCUT2D eigenvalue weighted by molar-refractivity contribution is 8.02. The minimum atomic E-state index is 0.958. The molecule has 1 nitrogen and oxygen atoms in total. The summed E-state index contributed by atoms with van der Waals surface area (Å²) < 4.78 is 6.59. The van der Waals surface area contributed by atoms with Crippen LogP contribution in [0.4, 0.5) is 0 Å². The summed E-state index contributed by atoms with van der Waals surface area (Å²) in [6.45, 7) is 4.36. The van der Waals surface area contributed by atoms with Crippen molar-refractivity contribution in [1.29, 1.82) is 0 Å². The van der Waals surface area contributed by atoms with Crippen LogP contribution < -0.4 is 0 Å². The van der Waals surface area contributed by atoms with Crippen LogP contribution in [-0.2, 0) is 6.42 Å². The summed E-state index contributed by atoms with van der Waals surface area (Å²) in [6.07, 6.45) is 3.23. The fraction of sp³-hybridized carbons (Fsp3) is 0.185. The Balaban J connectivity index is 1.85. The summed E-state index contributed by atoms with van der Waals surface area (Å²) in [5, 5.41) is 0. The lowest BCUT2D eigenvalue weighted by atomic mass is 10.1. The van der Waals surface area contributed by atoms with Gasteiger partial charge in [0.05, 0.1) is 9.79 Å². The fourth-order valence-electron chi connectivity index (χ4n) is 3.33. The molecule has 30 heavy (non-hydrogen) atoms. The maximum Gasteiger partial charge on any atom is 0.149 e. The first-order chi connectivity index (χ1) is 14.7. The van der Waals surface area contributed by atoms with Gasteiger partial charge in [-0.1, -0.05) is 97.0 Å². The summed E-state index contributed by atoms with van der Waals surface area (Å²) in [5.41, 5.74) is 2.39. The molecule has 1 heterocycles. The molecule has 0 atom stereocenters. The Morgan fingerprint density at radius 2 is 1.37 bits per heavy atom. The van der Waals surface area contributed by atoms with Crippen molar-refractivity contribution in [2.45, 2.75) is 52.7 Å². The third-order valence-electron chi connectivity index (χ3n) is 4.85. The topological polar surface area (TPSA) is 13.1 Å². The Kier molecular flexibility index (Phi) is 7.03. The molecule has 0 spiro atoms. The van der Waals surface area contributed by atoms with Crippen LogP contribution in [-0.4, -0.2) is 0 Å². The molecule has 152 valence electrons. The van der Waals surface area contributed by atoms with Crippen LogP contribution in [0, 0.1) is 6.92 Å². The summed E-state index contributed by atoms with van der Waals surface area (Å²) in [7, 11) is 0. The molecule has 0 amide bonds. The van der Waals surface area contributed by atoms with E-state index in [-0.39, 0.29) is 0 Å². The zero-order valence-corrected chi connectivity index (χ0v) is 19.1. The molecular weight excluding hydrogens is 404 g/mol.